The average Bonchev–Trinajstić information content (AvgIpc) is 2.42. The normalized spacial score (nSPS) is 14.0. The van der Waals surface area contributed by atoms with E-state index >= 15 is 0 Å². The number of nitrogens with two attached hydrogens (primary N) is 1. The summed E-state index contributed by atoms with van der Waals surface area (Å²) < 4.78 is 39.9. The molecule has 1 aromatic carbocycles. The Kier molecular flexibility index (Phi) is 7.01. The van der Waals surface area contributed by atoms with Crippen LogP contribution in [0.2, 0.25) is 0 Å². The Morgan fingerprint density at radius 2 is 2.00 bits per heavy atom. The van der Waals surface area contributed by atoms with Crippen molar-refractivity contribution in [3.05, 3.63) is 35.9 Å². The molecule has 0 saturated heterocycles. The van der Waals surface area contributed by atoms with Crippen LogP contribution in [0.1, 0.15) is 24.9 Å². The molecule has 0 radical (unpaired) electrons. The molecule has 0 unspecified atom stereocenters. The number of guanidine groups is 1. The highest BCUT2D eigenvalue weighted by Crippen LogP contribution is 2.14. The molecule has 0 fully saturated rings. The van der Waals surface area contributed by atoms with Crippen LogP contribution < -0.4 is 11.1 Å². The molecule has 1 aromatic rings. The highest BCUT2D eigenvalue weighted by Gasteiger charge is 2.27. The van der Waals surface area contributed by atoms with E-state index in [1.54, 1.807) is 0 Å². The summed E-state index contributed by atoms with van der Waals surface area (Å²) in [6.45, 7) is 1.04. The van der Waals surface area contributed by atoms with Gasteiger partial charge in [0.05, 0.1) is 6.04 Å². The maximum atomic E-state index is 11.8. The van der Waals surface area contributed by atoms with Gasteiger partial charge in [0, 0.05) is 13.2 Å². The lowest BCUT2D eigenvalue weighted by atomic mass is 10.1. The number of ether oxygens (including phenoxy) is 1. The third-order valence-electron chi connectivity index (χ3n) is 2.66. The zero-order chi connectivity index (χ0) is 15.7. The van der Waals surface area contributed by atoms with E-state index in [0.717, 1.165) is 5.56 Å². The van der Waals surface area contributed by atoms with E-state index in [0.29, 0.717) is 13.0 Å². The molecule has 4 nitrogen and oxygen atoms in total. The van der Waals surface area contributed by atoms with Gasteiger partial charge in [-0.25, -0.2) is 0 Å². The fourth-order valence-electron chi connectivity index (χ4n) is 1.65. The minimum atomic E-state index is -4.28. The summed E-state index contributed by atoms with van der Waals surface area (Å²) in [7, 11) is 0. The predicted octanol–water partition coefficient (Wildman–Crippen LogP) is 2.62. The zero-order valence-electron chi connectivity index (χ0n) is 11.9. The lowest BCUT2D eigenvalue weighted by Gasteiger charge is -2.14. The van der Waals surface area contributed by atoms with Crippen molar-refractivity contribution in [2.75, 3.05) is 19.8 Å². The Morgan fingerprint density at radius 3 is 2.62 bits per heavy atom. The van der Waals surface area contributed by atoms with Gasteiger partial charge >= 0.3 is 6.18 Å². The summed E-state index contributed by atoms with van der Waals surface area (Å²) in [5.74, 6) is 0.266. The third kappa shape index (κ3) is 8.19. The second kappa shape index (κ2) is 8.51. The van der Waals surface area contributed by atoms with Gasteiger partial charge in [0.1, 0.15) is 6.61 Å². The number of alkyl halides is 3. The van der Waals surface area contributed by atoms with Crippen LogP contribution in [0.5, 0.6) is 0 Å². The highest BCUT2D eigenvalue weighted by molar-refractivity contribution is 5.78. The summed E-state index contributed by atoms with van der Waals surface area (Å²) in [5.41, 5.74) is 6.79. The van der Waals surface area contributed by atoms with Crippen molar-refractivity contribution in [2.24, 2.45) is 10.7 Å². The number of aliphatic imine (C=N–C) groups is 1. The Balaban J connectivity index is 2.21. The van der Waals surface area contributed by atoms with Crippen LogP contribution in [0.4, 0.5) is 13.2 Å². The molecule has 0 aromatic heterocycles. The molecule has 1 rings (SSSR count). The monoisotopic (exact) mass is 303 g/mol. The fraction of sp³-hybridized carbons (Fsp3) is 0.500. The standard InChI is InChI=1S/C14H20F3N3O/c1-11(12-6-3-2-4-7-12)20-13(18)19-8-5-9-21-10-14(15,16)17/h2-4,6-7,11H,5,8-10H2,1H3,(H3,18,19,20)/t11-/m1/s1. The molecular formula is C14H20F3N3O. The molecule has 3 N–H and O–H groups in total. The van der Waals surface area contributed by atoms with Crippen LogP contribution in [0, 0.1) is 0 Å². The molecule has 7 heteroatoms. The molecule has 0 aliphatic heterocycles. The van der Waals surface area contributed by atoms with Crippen molar-refractivity contribution in [2.45, 2.75) is 25.6 Å². The molecular weight excluding hydrogens is 283 g/mol. The van der Waals surface area contributed by atoms with Crippen LogP contribution >= 0.6 is 0 Å². The summed E-state index contributed by atoms with van der Waals surface area (Å²) in [4.78, 5) is 4.05. The van der Waals surface area contributed by atoms with Crippen molar-refractivity contribution in [3.63, 3.8) is 0 Å². The highest BCUT2D eigenvalue weighted by atomic mass is 19.4. The van der Waals surface area contributed by atoms with Crippen LogP contribution in [0.25, 0.3) is 0 Å². The molecule has 0 heterocycles. The van der Waals surface area contributed by atoms with Gasteiger partial charge in [-0.3, -0.25) is 4.99 Å². The van der Waals surface area contributed by atoms with Gasteiger partial charge in [-0.2, -0.15) is 13.2 Å². The summed E-state index contributed by atoms with van der Waals surface area (Å²) >= 11 is 0. The van der Waals surface area contributed by atoms with E-state index in [9.17, 15) is 13.2 Å². The number of rotatable bonds is 7. The van der Waals surface area contributed by atoms with Gasteiger partial charge in [0.2, 0.25) is 0 Å². The van der Waals surface area contributed by atoms with Gasteiger partial charge in [-0.1, -0.05) is 30.3 Å². The molecule has 0 spiro atoms. The number of hydrogen-bond donors (Lipinski definition) is 2. The first-order valence-electron chi connectivity index (χ1n) is 6.64. The number of nitrogens with zero attached hydrogens (tertiary/aromatic N) is 1. The Hall–Kier alpha value is -1.76. The molecule has 0 bridgehead atoms. The van der Waals surface area contributed by atoms with Gasteiger partial charge in [0.25, 0.3) is 0 Å². The number of nitrogens with one attached hydrogen (secondary N) is 1. The van der Waals surface area contributed by atoms with Crippen molar-refractivity contribution >= 4 is 5.96 Å². The largest absolute Gasteiger partial charge is 0.411 e. The van der Waals surface area contributed by atoms with Crippen molar-refractivity contribution in [1.29, 1.82) is 0 Å². The number of halogens is 3. The minimum Gasteiger partial charge on any atom is -0.372 e. The molecule has 21 heavy (non-hydrogen) atoms. The smallest absolute Gasteiger partial charge is 0.372 e. The van der Waals surface area contributed by atoms with Crippen molar-refractivity contribution < 1.29 is 17.9 Å². The van der Waals surface area contributed by atoms with Crippen molar-refractivity contribution in [1.82, 2.24) is 5.32 Å². The Bertz CT molecular complexity index is 435. The SMILES string of the molecule is C[C@@H](NC(N)=NCCCOCC(F)(F)F)c1ccccc1. The summed E-state index contributed by atoms with van der Waals surface area (Å²) in [6.07, 6.45) is -3.90. The second-order valence-corrected chi connectivity index (χ2v) is 4.56. The number of benzene rings is 1. The van der Waals surface area contributed by atoms with Crippen LogP contribution in [0.15, 0.2) is 35.3 Å². The third-order valence-corrected chi connectivity index (χ3v) is 2.66. The molecule has 1 atom stereocenters. The average molecular weight is 303 g/mol. The van der Waals surface area contributed by atoms with E-state index in [-0.39, 0.29) is 18.6 Å². The molecule has 118 valence electrons. The Morgan fingerprint density at radius 1 is 1.33 bits per heavy atom. The lowest BCUT2D eigenvalue weighted by molar-refractivity contribution is -0.173. The molecule has 0 saturated carbocycles. The van der Waals surface area contributed by atoms with E-state index in [1.165, 1.54) is 0 Å². The van der Waals surface area contributed by atoms with E-state index in [4.69, 9.17) is 5.73 Å². The summed E-state index contributed by atoms with van der Waals surface area (Å²) in [5, 5.41) is 3.02. The minimum absolute atomic E-state index is 0.00449. The molecule has 0 aliphatic rings. The van der Waals surface area contributed by atoms with E-state index in [2.05, 4.69) is 15.0 Å². The lowest BCUT2D eigenvalue weighted by Crippen LogP contribution is -2.34. The first-order valence-corrected chi connectivity index (χ1v) is 6.64. The first kappa shape index (κ1) is 17.3. The topological polar surface area (TPSA) is 59.6 Å². The second-order valence-electron chi connectivity index (χ2n) is 4.56. The fourth-order valence-corrected chi connectivity index (χ4v) is 1.65. The maximum absolute atomic E-state index is 11.8. The van der Waals surface area contributed by atoms with Crippen molar-refractivity contribution in [3.8, 4) is 0 Å². The quantitative estimate of drug-likeness (QED) is 0.462. The number of hydrogen-bond acceptors (Lipinski definition) is 2. The van der Waals surface area contributed by atoms with Gasteiger partial charge in [-0.15, -0.1) is 0 Å². The Labute approximate surface area is 122 Å². The van der Waals surface area contributed by atoms with Gasteiger partial charge in [-0.05, 0) is 18.9 Å². The van der Waals surface area contributed by atoms with Crippen LogP contribution in [-0.4, -0.2) is 31.9 Å². The van der Waals surface area contributed by atoms with Gasteiger partial charge in [0.15, 0.2) is 5.96 Å². The van der Waals surface area contributed by atoms with Crippen LogP contribution in [0.3, 0.4) is 0 Å². The zero-order valence-corrected chi connectivity index (χ0v) is 11.9. The van der Waals surface area contributed by atoms with Gasteiger partial charge < -0.3 is 15.8 Å². The first-order chi connectivity index (χ1) is 9.88. The summed E-state index contributed by atoms with van der Waals surface area (Å²) in [6, 6.07) is 9.73. The van der Waals surface area contributed by atoms with E-state index in [1.807, 2.05) is 37.3 Å². The predicted molar refractivity (Wildman–Crippen MR) is 76.0 cm³/mol. The molecule has 0 amide bonds. The van der Waals surface area contributed by atoms with E-state index < -0.39 is 12.8 Å². The van der Waals surface area contributed by atoms with Crippen LogP contribution in [-0.2, 0) is 4.74 Å². The molecule has 0 aliphatic carbocycles. The maximum Gasteiger partial charge on any atom is 0.411 e.